The first-order chi connectivity index (χ1) is 14.9. The van der Waals surface area contributed by atoms with Crippen molar-refractivity contribution in [3.8, 4) is 6.07 Å². The van der Waals surface area contributed by atoms with Crippen LogP contribution in [0.2, 0.25) is 0 Å². The van der Waals surface area contributed by atoms with Crippen LogP contribution in [-0.2, 0) is 14.4 Å². The molecule has 1 aliphatic heterocycles. The van der Waals surface area contributed by atoms with E-state index in [9.17, 15) is 14.4 Å². The summed E-state index contributed by atoms with van der Waals surface area (Å²) in [5.41, 5.74) is 1.07. The zero-order valence-corrected chi connectivity index (χ0v) is 18.6. The second kappa shape index (κ2) is 10.4. The minimum absolute atomic E-state index is 0.0770. The maximum Gasteiger partial charge on any atom is 0.248 e. The number of hydrogen-bond acceptors (Lipinski definition) is 8. The van der Waals surface area contributed by atoms with Gasteiger partial charge in [0.15, 0.2) is 5.82 Å². The van der Waals surface area contributed by atoms with Crippen LogP contribution in [0.4, 0.5) is 11.5 Å². The molecule has 1 saturated heterocycles. The molecule has 1 aliphatic rings. The number of aromatic nitrogens is 1. The fourth-order valence-corrected chi connectivity index (χ4v) is 4.72. The molecule has 2 aromatic rings. The molecule has 2 N–H and O–H groups in total. The summed E-state index contributed by atoms with van der Waals surface area (Å²) in [7, 11) is 0. The summed E-state index contributed by atoms with van der Waals surface area (Å²) in [4.78, 5) is 39.1. The van der Waals surface area contributed by atoms with Gasteiger partial charge >= 0.3 is 0 Å². The van der Waals surface area contributed by atoms with Crippen molar-refractivity contribution < 1.29 is 18.9 Å². The standard InChI is InChI=1S/C20H21N5O4S2/c1-12-7-17(24-29-12)23-19(27)13(2)31-10-18(26)25-11-30-9-16(25)20(28)22-15-5-3-14(8-21)4-6-15/h3-7,13,16H,9-11H2,1-2H3,(H,22,28)(H,23,24,27)/t13-,16+/m1/s1. The van der Waals surface area contributed by atoms with Crippen LogP contribution in [-0.4, -0.2) is 56.5 Å². The topological polar surface area (TPSA) is 128 Å². The van der Waals surface area contributed by atoms with Crippen molar-refractivity contribution in [2.75, 3.05) is 28.0 Å². The van der Waals surface area contributed by atoms with E-state index >= 15 is 0 Å². The van der Waals surface area contributed by atoms with Gasteiger partial charge in [-0.05, 0) is 38.1 Å². The molecular formula is C20H21N5O4S2. The third-order valence-corrected chi connectivity index (χ3v) is 6.63. The van der Waals surface area contributed by atoms with Crippen LogP contribution in [0, 0.1) is 18.3 Å². The number of nitrogens with one attached hydrogen (secondary N) is 2. The highest BCUT2D eigenvalue weighted by Crippen LogP contribution is 2.24. The Morgan fingerprint density at radius 2 is 2.10 bits per heavy atom. The SMILES string of the molecule is Cc1cc(NC(=O)[C@@H](C)SCC(=O)N2CSC[C@H]2C(=O)Nc2ccc(C#N)cc2)no1. The summed E-state index contributed by atoms with van der Waals surface area (Å²) in [5.74, 6) is 1.15. The van der Waals surface area contributed by atoms with Crippen molar-refractivity contribution in [1.29, 1.82) is 5.26 Å². The van der Waals surface area contributed by atoms with E-state index in [-0.39, 0.29) is 23.5 Å². The summed E-state index contributed by atoms with van der Waals surface area (Å²) < 4.78 is 4.91. The molecule has 0 spiro atoms. The van der Waals surface area contributed by atoms with Gasteiger partial charge in [0.05, 0.1) is 28.5 Å². The second-order valence-electron chi connectivity index (χ2n) is 6.82. The number of thioether (sulfide) groups is 2. The Morgan fingerprint density at radius 1 is 1.35 bits per heavy atom. The number of nitrogens with zero attached hydrogens (tertiary/aromatic N) is 3. The molecule has 31 heavy (non-hydrogen) atoms. The quantitative estimate of drug-likeness (QED) is 0.646. The smallest absolute Gasteiger partial charge is 0.248 e. The molecule has 11 heteroatoms. The maximum atomic E-state index is 12.7. The number of carbonyl (C=O) groups is 3. The average molecular weight is 460 g/mol. The lowest BCUT2D eigenvalue weighted by Gasteiger charge is -2.23. The van der Waals surface area contributed by atoms with Crippen LogP contribution in [0.15, 0.2) is 34.9 Å². The van der Waals surface area contributed by atoms with Gasteiger partial charge in [-0.25, -0.2) is 0 Å². The first-order valence-corrected chi connectivity index (χ1v) is 11.6. The maximum absolute atomic E-state index is 12.7. The molecule has 2 heterocycles. The summed E-state index contributed by atoms with van der Waals surface area (Å²) in [6.07, 6.45) is 0. The van der Waals surface area contributed by atoms with Gasteiger partial charge in [0.2, 0.25) is 17.7 Å². The Hall–Kier alpha value is -2.97. The molecular weight excluding hydrogens is 438 g/mol. The van der Waals surface area contributed by atoms with Gasteiger partial charge in [-0.2, -0.15) is 5.26 Å². The normalized spacial score (nSPS) is 16.4. The number of carbonyl (C=O) groups excluding carboxylic acids is 3. The van der Waals surface area contributed by atoms with Gasteiger partial charge in [0.1, 0.15) is 11.8 Å². The lowest BCUT2D eigenvalue weighted by atomic mass is 10.2. The fraction of sp³-hybridized carbons (Fsp3) is 0.350. The van der Waals surface area contributed by atoms with E-state index in [4.69, 9.17) is 9.78 Å². The number of amides is 3. The summed E-state index contributed by atoms with van der Waals surface area (Å²) >= 11 is 2.70. The number of rotatable bonds is 7. The van der Waals surface area contributed by atoms with Gasteiger partial charge < -0.3 is 20.1 Å². The van der Waals surface area contributed by atoms with Crippen LogP contribution >= 0.6 is 23.5 Å². The number of hydrogen-bond donors (Lipinski definition) is 2. The zero-order valence-electron chi connectivity index (χ0n) is 17.0. The highest BCUT2D eigenvalue weighted by atomic mass is 32.2. The highest BCUT2D eigenvalue weighted by Gasteiger charge is 2.35. The van der Waals surface area contributed by atoms with E-state index in [0.29, 0.717) is 34.5 Å². The van der Waals surface area contributed by atoms with Crippen LogP contribution < -0.4 is 10.6 Å². The van der Waals surface area contributed by atoms with Crippen LogP contribution in [0.3, 0.4) is 0 Å². The first kappa shape index (κ1) is 22.7. The first-order valence-electron chi connectivity index (χ1n) is 9.41. The van der Waals surface area contributed by atoms with E-state index in [0.717, 1.165) is 0 Å². The van der Waals surface area contributed by atoms with Gasteiger partial charge in [-0.1, -0.05) is 5.16 Å². The zero-order chi connectivity index (χ0) is 22.4. The van der Waals surface area contributed by atoms with E-state index < -0.39 is 11.3 Å². The Labute approximate surface area is 187 Å². The molecule has 0 radical (unpaired) electrons. The Kier molecular flexibility index (Phi) is 7.59. The number of benzene rings is 1. The molecule has 162 valence electrons. The highest BCUT2D eigenvalue weighted by molar-refractivity contribution is 8.01. The minimum Gasteiger partial charge on any atom is -0.360 e. The number of nitriles is 1. The molecule has 0 saturated carbocycles. The number of aryl methyl sites for hydroxylation is 1. The van der Waals surface area contributed by atoms with Crippen molar-refractivity contribution >= 4 is 52.8 Å². The van der Waals surface area contributed by atoms with Crippen molar-refractivity contribution in [2.24, 2.45) is 0 Å². The predicted octanol–water partition coefficient (Wildman–Crippen LogP) is 2.46. The Morgan fingerprint density at radius 3 is 2.74 bits per heavy atom. The predicted molar refractivity (Wildman–Crippen MR) is 120 cm³/mol. The van der Waals surface area contributed by atoms with E-state index in [1.54, 1.807) is 44.2 Å². The molecule has 3 amide bonds. The van der Waals surface area contributed by atoms with Crippen LogP contribution in [0.5, 0.6) is 0 Å². The molecule has 0 unspecified atom stereocenters. The van der Waals surface area contributed by atoms with Crippen molar-refractivity contribution in [3.63, 3.8) is 0 Å². The van der Waals surface area contributed by atoms with Crippen LogP contribution in [0.1, 0.15) is 18.2 Å². The molecule has 1 fully saturated rings. The third-order valence-electron chi connectivity index (χ3n) is 4.49. The monoisotopic (exact) mass is 459 g/mol. The number of anilines is 2. The third kappa shape index (κ3) is 6.02. The Bertz CT molecular complexity index is 1000. The molecule has 0 aliphatic carbocycles. The van der Waals surface area contributed by atoms with Gasteiger partial charge in [0, 0.05) is 17.5 Å². The van der Waals surface area contributed by atoms with Crippen LogP contribution in [0.25, 0.3) is 0 Å². The summed E-state index contributed by atoms with van der Waals surface area (Å²) in [6.45, 7) is 3.43. The van der Waals surface area contributed by atoms with Crippen molar-refractivity contribution in [1.82, 2.24) is 10.1 Å². The fourth-order valence-electron chi connectivity index (χ4n) is 2.77. The minimum atomic E-state index is -0.587. The van der Waals surface area contributed by atoms with E-state index in [2.05, 4.69) is 15.8 Å². The Balaban J connectivity index is 1.50. The van der Waals surface area contributed by atoms with Gasteiger partial charge in [-0.15, -0.1) is 23.5 Å². The van der Waals surface area contributed by atoms with Crippen molar-refractivity contribution in [2.45, 2.75) is 25.1 Å². The van der Waals surface area contributed by atoms with Gasteiger partial charge in [0.25, 0.3) is 0 Å². The summed E-state index contributed by atoms with van der Waals surface area (Å²) in [5, 5.41) is 17.5. The molecule has 1 aromatic heterocycles. The molecule has 1 aromatic carbocycles. The molecule has 3 rings (SSSR count). The van der Waals surface area contributed by atoms with E-state index in [1.165, 1.54) is 28.4 Å². The summed E-state index contributed by atoms with van der Waals surface area (Å²) in [6, 6.07) is 9.58. The van der Waals surface area contributed by atoms with Crippen molar-refractivity contribution in [3.05, 3.63) is 41.7 Å². The van der Waals surface area contributed by atoms with E-state index in [1.807, 2.05) is 6.07 Å². The lowest BCUT2D eigenvalue weighted by molar-refractivity contribution is -0.134. The molecule has 2 atom stereocenters. The molecule has 9 nitrogen and oxygen atoms in total. The second-order valence-corrected chi connectivity index (χ2v) is 9.15. The average Bonchev–Trinajstić information content (AvgIpc) is 3.41. The lowest BCUT2D eigenvalue weighted by Crippen LogP contribution is -2.45. The van der Waals surface area contributed by atoms with Gasteiger partial charge in [-0.3, -0.25) is 14.4 Å². The molecule has 0 bridgehead atoms. The largest absolute Gasteiger partial charge is 0.360 e.